The lowest BCUT2D eigenvalue weighted by atomic mass is 10.1. The number of urea groups is 1. The molecule has 0 aromatic carbocycles. The van der Waals surface area contributed by atoms with Crippen LogP contribution in [0.15, 0.2) is 17.4 Å². The molecule has 0 aromatic heterocycles. The van der Waals surface area contributed by atoms with Crippen LogP contribution < -0.4 is 11.1 Å². The quantitative estimate of drug-likeness (QED) is 0.171. The Morgan fingerprint density at radius 1 is 1.70 bits per heavy atom. The van der Waals surface area contributed by atoms with Crippen LogP contribution in [-0.4, -0.2) is 63.2 Å². The van der Waals surface area contributed by atoms with Gasteiger partial charge in [0.05, 0.1) is 12.7 Å². The van der Waals surface area contributed by atoms with Crippen molar-refractivity contribution in [1.82, 2.24) is 10.2 Å². The molecule has 0 bridgehead atoms. The Balaban J connectivity index is 2.27. The summed E-state index contributed by atoms with van der Waals surface area (Å²) >= 11 is 0. The van der Waals surface area contributed by atoms with Crippen molar-refractivity contribution in [2.75, 3.05) is 6.61 Å². The number of nitrogens with one attached hydrogen (secondary N) is 1. The first-order valence-corrected chi connectivity index (χ1v) is 5.69. The number of carbonyl (C=O) groups excluding carboxylic acids is 1. The molecule has 0 aliphatic carbocycles. The maximum Gasteiger partial charge on any atom is 0.327 e. The first kappa shape index (κ1) is 14.5. The fourth-order valence-corrected chi connectivity index (χ4v) is 2.03. The van der Waals surface area contributed by atoms with Gasteiger partial charge in [0.15, 0.2) is 0 Å². The van der Waals surface area contributed by atoms with E-state index in [1.807, 2.05) is 0 Å². The number of nitrogens with two attached hydrogens (primary N) is 1. The zero-order valence-electron chi connectivity index (χ0n) is 10.2. The minimum atomic E-state index is -1.99. The molecule has 2 aliphatic heterocycles. The van der Waals surface area contributed by atoms with Crippen molar-refractivity contribution in [3.63, 3.8) is 0 Å². The van der Waals surface area contributed by atoms with Gasteiger partial charge < -0.3 is 20.1 Å². The van der Waals surface area contributed by atoms with Gasteiger partial charge in [-0.05, 0) is 11.6 Å². The van der Waals surface area contributed by atoms with Crippen LogP contribution in [0.2, 0.25) is 0 Å². The molecule has 110 valence electrons. The van der Waals surface area contributed by atoms with E-state index in [1.54, 1.807) is 0 Å². The molecule has 2 aliphatic rings. The van der Waals surface area contributed by atoms with Gasteiger partial charge in [-0.1, -0.05) is 5.11 Å². The Kier molecular flexibility index (Phi) is 3.81. The van der Waals surface area contributed by atoms with E-state index in [4.69, 9.17) is 21.1 Å². The molecule has 2 amide bonds. The van der Waals surface area contributed by atoms with Crippen molar-refractivity contribution in [2.45, 2.75) is 30.3 Å². The van der Waals surface area contributed by atoms with E-state index >= 15 is 0 Å². The number of hydrogen-bond donors (Lipinski definition) is 5. The first-order chi connectivity index (χ1) is 9.39. The van der Waals surface area contributed by atoms with Crippen molar-refractivity contribution < 1.29 is 24.9 Å². The SMILES string of the molecule is [N-]=[N+]=N[C@@H]1[C@H](O)[C@@H](CO)O[C@H]1N1C=CC(N)(O)NC1=O. The van der Waals surface area contributed by atoms with E-state index in [0.29, 0.717) is 0 Å². The summed E-state index contributed by atoms with van der Waals surface area (Å²) in [6.45, 7) is -0.505. The number of aliphatic hydroxyl groups is 3. The Morgan fingerprint density at radius 3 is 2.95 bits per heavy atom. The Labute approximate surface area is 112 Å². The molecule has 1 saturated heterocycles. The Morgan fingerprint density at radius 2 is 2.40 bits per heavy atom. The third-order valence-corrected chi connectivity index (χ3v) is 3.01. The van der Waals surface area contributed by atoms with Crippen molar-refractivity contribution in [1.29, 1.82) is 0 Å². The van der Waals surface area contributed by atoms with Crippen LogP contribution in [0.5, 0.6) is 0 Å². The molecule has 0 radical (unpaired) electrons. The summed E-state index contributed by atoms with van der Waals surface area (Å²) in [5.41, 5.74) is 13.8. The number of ether oxygens (including phenoxy) is 1. The van der Waals surface area contributed by atoms with Crippen molar-refractivity contribution in [3.8, 4) is 0 Å². The van der Waals surface area contributed by atoms with Crippen LogP contribution in [0.1, 0.15) is 0 Å². The van der Waals surface area contributed by atoms with Gasteiger partial charge in [0, 0.05) is 11.1 Å². The minimum absolute atomic E-state index is 0.505. The lowest BCUT2D eigenvalue weighted by Crippen LogP contribution is -2.62. The van der Waals surface area contributed by atoms with E-state index in [-0.39, 0.29) is 0 Å². The zero-order chi connectivity index (χ0) is 14.9. The molecule has 1 fully saturated rings. The average molecular weight is 286 g/mol. The number of amides is 2. The maximum absolute atomic E-state index is 11.8. The van der Waals surface area contributed by atoms with Crippen LogP contribution in [-0.2, 0) is 4.74 Å². The van der Waals surface area contributed by atoms with Gasteiger partial charge in [0.2, 0.25) is 5.85 Å². The monoisotopic (exact) mass is 286 g/mol. The van der Waals surface area contributed by atoms with Gasteiger partial charge in [0.25, 0.3) is 0 Å². The summed E-state index contributed by atoms with van der Waals surface area (Å²) in [7, 11) is 0. The molecule has 0 saturated carbocycles. The highest BCUT2D eigenvalue weighted by Gasteiger charge is 2.48. The van der Waals surface area contributed by atoms with Gasteiger partial charge in [-0.15, -0.1) is 0 Å². The highest BCUT2D eigenvalue weighted by molar-refractivity contribution is 5.77. The van der Waals surface area contributed by atoms with Crippen LogP contribution in [0.3, 0.4) is 0 Å². The number of rotatable bonds is 3. The number of hydrogen-bond acceptors (Lipinski definition) is 7. The molecule has 20 heavy (non-hydrogen) atoms. The number of carbonyl (C=O) groups is 1. The van der Waals surface area contributed by atoms with Gasteiger partial charge in [-0.2, -0.15) is 0 Å². The fraction of sp³-hybridized carbons (Fsp3) is 0.667. The van der Waals surface area contributed by atoms with Gasteiger partial charge in [0.1, 0.15) is 18.4 Å². The predicted molar refractivity (Wildman–Crippen MR) is 63.3 cm³/mol. The van der Waals surface area contributed by atoms with E-state index in [9.17, 15) is 15.0 Å². The highest BCUT2D eigenvalue weighted by Crippen LogP contribution is 2.28. The van der Waals surface area contributed by atoms with E-state index < -0.39 is 43.0 Å². The highest BCUT2D eigenvalue weighted by atomic mass is 16.5. The van der Waals surface area contributed by atoms with Crippen LogP contribution in [0.4, 0.5) is 4.79 Å². The second-order valence-electron chi connectivity index (χ2n) is 4.41. The second kappa shape index (κ2) is 5.25. The van der Waals surface area contributed by atoms with Gasteiger partial charge in [-0.3, -0.25) is 16.0 Å². The molecule has 11 nitrogen and oxygen atoms in total. The van der Waals surface area contributed by atoms with Crippen molar-refractivity contribution in [2.24, 2.45) is 10.8 Å². The molecule has 2 rings (SSSR count). The molecule has 5 atom stereocenters. The average Bonchev–Trinajstić information content (AvgIpc) is 2.67. The topological polar surface area (TPSA) is 177 Å². The smallest absolute Gasteiger partial charge is 0.327 e. The van der Waals surface area contributed by atoms with Gasteiger partial charge in [-0.25, -0.2) is 4.79 Å². The summed E-state index contributed by atoms with van der Waals surface area (Å²) < 4.78 is 5.29. The van der Waals surface area contributed by atoms with Crippen molar-refractivity contribution >= 4 is 6.03 Å². The molecule has 11 heteroatoms. The molecule has 0 spiro atoms. The summed E-state index contributed by atoms with van der Waals surface area (Å²) in [5, 5.41) is 33.8. The third kappa shape index (κ3) is 2.54. The van der Waals surface area contributed by atoms with Gasteiger partial charge >= 0.3 is 6.03 Å². The number of nitrogens with zero attached hydrogens (tertiary/aromatic N) is 4. The molecular formula is C9H14N6O5. The Bertz CT molecular complexity index is 475. The molecule has 2 heterocycles. The second-order valence-corrected chi connectivity index (χ2v) is 4.41. The lowest BCUT2D eigenvalue weighted by Gasteiger charge is -2.34. The van der Waals surface area contributed by atoms with Crippen LogP contribution >= 0.6 is 0 Å². The molecule has 6 N–H and O–H groups in total. The van der Waals surface area contributed by atoms with E-state index in [1.165, 1.54) is 0 Å². The van der Waals surface area contributed by atoms with Crippen LogP contribution in [0.25, 0.3) is 10.4 Å². The molecule has 0 aromatic rings. The maximum atomic E-state index is 11.8. The summed E-state index contributed by atoms with van der Waals surface area (Å²) in [5.74, 6) is -1.99. The van der Waals surface area contributed by atoms with Crippen LogP contribution in [0, 0.1) is 0 Å². The van der Waals surface area contributed by atoms with E-state index in [2.05, 4.69) is 15.3 Å². The third-order valence-electron chi connectivity index (χ3n) is 3.01. The zero-order valence-corrected chi connectivity index (χ0v) is 10.2. The minimum Gasteiger partial charge on any atom is -0.394 e. The summed E-state index contributed by atoms with van der Waals surface area (Å²) in [6, 6.07) is -1.90. The normalized spacial score (nSPS) is 40.4. The standard InChI is InChI=1S/C9H14N6O5/c10-9(19)1-2-15(8(18)12-9)7-5(13-14-11)6(17)4(3-16)20-7/h1-2,4-7,16-17,19H,3,10H2,(H,12,18)/t4-,5-,6-,7-,9?/m1/s1. The largest absolute Gasteiger partial charge is 0.394 e. The first-order valence-electron chi connectivity index (χ1n) is 5.69. The molecule has 1 unspecified atom stereocenters. The summed E-state index contributed by atoms with van der Waals surface area (Å²) in [6.07, 6.45) is -1.14. The van der Waals surface area contributed by atoms with E-state index in [0.717, 1.165) is 17.2 Å². The number of azide groups is 1. The summed E-state index contributed by atoms with van der Waals surface area (Å²) in [4.78, 5) is 15.4. The lowest BCUT2D eigenvalue weighted by molar-refractivity contribution is -0.0595. The molecular weight excluding hydrogens is 272 g/mol. The fourth-order valence-electron chi connectivity index (χ4n) is 2.03. The van der Waals surface area contributed by atoms with Crippen molar-refractivity contribution in [3.05, 3.63) is 22.7 Å². The Hall–Kier alpha value is -1.88. The number of aliphatic hydroxyl groups excluding tert-OH is 2. The predicted octanol–water partition coefficient (Wildman–Crippen LogP) is -2.11.